The maximum Gasteiger partial charge on any atom is 0.586 e. The van der Waals surface area contributed by atoms with Crippen LogP contribution in [0.3, 0.4) is 0 Å². The smallest absolute Gasteiger partial charge is 0.458 e. The van der Waals surface area contributed by atoms with Crippen molar-refractivity contribution in [3.8, 4) is 22.9 Å². The van der Waals surface area contributed by atoms with Gasteiger partial charge in [0.15, 0.2) is 17.1 Å². The van der Waals surface area contributed by atoms with Crippen molar-refractivity contribution in [2.75, 3.05) is 6.61 Å². The van der Waals surface area contributed by atoms with Crippen LogP contribution in [0.15, 0.2) is 16.9 Å². The second-order valence-corrected chi connectivity index (χ2v) is 10.0. The van der Waals surface area contributed by atoms with E-state index >= 15 is 0 Å². The normalized spacial score (nSPS) is 23.2. The van der Waals surface area contributed by atoms with Gasteiger partial charge in [0.2, 0.25) is 5.91 Å². The molecule has 7 rings (SSSR count). The molecule has 0 saturated heterocycles. The number of halogens is 2. The van der Waals surface area contributed by atoms with Gasteiger partial charge in [-0.25, -0.2) is 9.78 Å². The first-order chi connectivity index (χ1) is 18.6. The number of hydrogen-bond donors (Lipinski definition) is 3. The highest BCUT2D eigenvalue weighted by Crippen LogP contribution is 2.52. The monoisotopic (exact) mass is 541 g/mol. The number of rotatable bonds is 3. The van der Waals surface area contributed by atoms with Crippen LogP contribution >= 0.6 is 0 Å². The highest BCUT2D eigenvalue weighted by atomic mass is 19.3. The van der Waals surface area contributed by atoms with Crippen LogP contribution in [0.2, 0.25) is 0 Å². The van der Waals surface area contributed by atoms with E-state index in [1.54, 1.807) is 13.0 Å². The average Bonchev–Trinajstić information content (AvgIpc) is 3.43. The van der Waals surface area contributed by atoms with Gasteiger partial charge in [-0.2, -0.15) is 0 Å². The molecular formula is C26H21F2N3O8. The summed E-state index contributed by atoms with van der Waals surface area (Å²) < 4.78 is 44.2. The second kappa shape index (κ2) is 7.73. The first kappa shape index (κ1) is 24.0. The Hall–Kier alpha value is -4.10. The molecule has 0 bridgehead atoms. The number of hydrogen-bond acceptors (Lipinski definition) is 9. The number of alkyl halides is 2. The molecule has 2 aromatic heterocycles. The molecule has 2 atom stereocenters. The Kier molecular flexibility index (Phi) is 4.75. The number of nitrogens with one attached hydrogen (secondary N) is 1. The quantitative estimate of drug-likeness (QED) is 0.328. The molecule has 1 unspecified atom stereocenters. The van der Waals surface area contributed by atoms with Gasteiger partial charge >= 0.3 is 12.3 Å². The summed E-state index contributed by atoms with van der Waals surface area (Å²) in [5.41, 5.74) is 0.358. The number of aryl methyl sites for hydroxylation is 1. The number of fused-ring (bicyclic) bond motifs is 7. The van der Waals surface area contributed by atoms with Crippen LogP contribution in [0, 0.1) is 0 Å². The van der Waals surface area contributed by atoms with Gasteiger partial charge in [-0.1, -0.05) is 6.92 Å². The molecule has 3 N–H and O–H groups in total. The topological polar surface area (TPSA) is 149 Å². The minimum Gasteiger partial charge on any atom is -0.458 e. The number of cyclic esters (lactones) is 1. The van der Waals surface area contributed by atoms with Crippen molar-refractivity contribution >= 4 is 22.8 Å². The van der Waals surface area contributed by atoms with Gasteiger partial charge in [0.1, 0.15) is 13.2 Å². The predicted octanol–water partition coefficient (Wildman–Crippen LogP) is 1.50. The second-order valence-electron chi connectivity index (χ2n) is 10.0. The molecule has 0 spiro atoms. The van der Waals surface area contributed by atoms with Crippen molar-refractivity contribution < 1.29 is 42.8 Å². The minimum atomic E-state index is -3.85. The van der Waals surface area contributed by atoms with Crippen molar-refractivity contribution in [3.05, 3.63) is 50.3 Å². The number of ether oxygens (including phenoxy) is 3. The lowest BCUT2D eigenvalue weighted by Gasteiger charge is -2.31. The summed E-state index contributed by atoms with van der Waals surface area (Å²) in [6.07, 6.45) is -3.32. The lowest BCUT2D eigenvalue weighted by atomic mass is 9.82. The average molecular weight is 541 g/mol. The Morgan fingerprint density at radius 2 is 2.03 bits per heavy atom. The van der Waals surface area contributed by atoms with Crippen LogP contribution in [0.1, 0.15) is 53.6 Å². The van der Waals surface area contributed by atoms with Crippen LogP contribution in [0.4, 0.5) is 8.78 Å². The fourth-order valence-electron chi connectivity index (χ4n) is 6.21. The van der Waals surface area contributed by atoms with Crippen molar-refractivity contribution in [3.63, 3.8) is 0 Å². The molecule has 3 aliphatic heterocycles. The Bertz CT molecular complexity index is 1720. The summed E-state index contributed by atoms with van der Waals surface area (Å²) in [5.74, 6) is -1.76. The summed E-state index contributed by atoms with van der Waals surface area (Å²) in [5, 5.41) is 23.8. The van der Waals surface area contributed by atoms with Gasteiger partial charge in [-0.15, -0.1) is 8.78 Å². The maximum atomic E-state index is 14.0. The number of nitrogens with zero attached hydrogens (tertiary/aromatic N) is 2. The Morgan fingerprint density at radius 3 is 2.77 bits per heavy atom. The summed E-state index contributed by atoms with van der Waals surface area (Å²) in [7, 11) is 0. The summed E-state index contributed by atoms with van der Waals surface area (Å²) in [4.78, 5) is 43.0. The van der Waals surface area contributed by atoms with E-state index in [4.69, 9.17) is 19.2 Å². The van der Waals surface area contributed by atoms with Crippen molar-refractivity contribution in [1.29, 1.82) is 0 Å². The fraction of sp³-hybridized carbons (Fsp3) is 0.385. The third-order valence-corrected chi connectivity index (χ3v) is 8.00. The maximum absolute atomic E-state index is 14.0. The van der Waals surface area contributed by atoms with Crippen LogP contribution in [0.5, 0.6) is 11.5 Å². The number of aromatic nitrogens is 2. The third kappa shape index (κ3) is 3.13. The molecule has 1 amide bonds. The van der Waals surface area contributed by atoms with Gasteiger partial charge < -0.3 is 34.3 Å². The Balaban J connectivity index is 1.52. The number of carbonyl (C=O) groups is 2. The van der Waals surface area contributed by atoms with E-state index in [1.165, 1.54) is 10.6 Å². The van der Waals surface area contributed by atoms with Crippen LogP contribution in [-0.4, -0.2) is 44.5 Å². The number of esters is 1. The molecule has 4 aliphatic rings. The van der Waals surface area contributed by atoms with E-state index in [0.717, 1.165) is 0 Å². The van der Waals surface area contributed by atoms with Crippen molar-refractivity contribution in [1.82, 2.24) is 14.9 Å². The minimum absolute atomic E-state index is 0.0265. The zero-order chi connectivity index (χ0) is 27.4. The predicted molar refractivity (Wildman–Crippen MR) is 127 cm³/mol. The number of aliphatic hydroxyl groups excluding tert-OH is 1. The molecule has 0 saturated carbocycles. The summed E-state index contributed by atoms with van der Waals surface area (Å²) in [6, 6.07) is 2.26. The number of benzene rings is 1. The molecule has 1 aromatic carbocycles. The van der Waals surface area contributed by atoms with Crippen LogP contribution in [0.25, 0.3) is 22.3 Å². The number of pyridine rings is 2. The van der Waals surface area contributed by atoms with E-state index in [1.807, 2.05) is 0 Å². The van der Waals surface area contributed by atoms with E-state index < -0.39 is 42.0 Å². The van der Waals surface area contributed by atoms with Gasteiger partial charge in [0.05, 0.1) is 35.1 Å². The molecule has 1 aliphatic carbocycles. The SMILES string of the molecule is CC[C@@]1(O)C(=O)OCc2c1cc1n(c2=O)Cc2c-1nc1cc3c(c4c1c2C(NC(=O)CO)CC4)OC(F)(F)O3. The Morgan fingerprint density at radius 1 is 1.23 bits per heavy atom. The summed E-state index contributed by atoms with van der Waals surface area (Å²) in [6.45, 7) is 0.606. The third-order valence-electron chi connectivity index (χ3n) is 8.00. The van der Waals surface area contributed by atoms with E-state index in [-0.39, 0.29) is 54.1 Å². The molecule has 3 aromatic rings. The molecule has 0 fully saturated rings. The molecule has 39 heavy (non-hydrogen) atoms. The lowest BCUT2D eigenvalue weighted by molar-refractivity contribution is -0.286. The molecule has 202 valence electrons. The van der Waals surface area contributed by atoms with E-state index in [0.29, 0.717) is 39.9 Å². The zero-order valence-corrected chi connectivity index (χ0v) is 20.5. The largest absolute Gasteiger partial charge is 0.586 e. The number of amides is 1. The first-order valence-corrected chi connectivity index (χ1v) is 12.4. The fourth-order valence-corrected chi connectivity index (χ4v) is 6.21. The van der Waals surface area contributed by atoms with Crippen molar-refractivity contribution in [2.45, 2.75) is 57.3 Å². The summed E-state index contributed by atoms with van der Waals surface area (Å²) >= 11 is 0. The number of aliphatic hydroxyl groups is 2. The molecule has 5 heterocycles. The zero-order valence-electron chi connectivity index (χ0n) is 20.5. The van der Waals surface area contributed by atoms with Crippen LogP contribution in [-0.2, 0) is 39.5 Å². The molecule has 11 nitrogen and oxygen atoms in total. The standard InChI is InChI=1S/C26H21F2N3O8/c1-2-25(36)13-5-16-21-11(7-31(16)23(34)12(13)9-37-24(25)35)20-14(29-18(33)8-32)4-3-10-19(20)15(30-21)6-17-22(10)39-26(27,28)38-17/h5-6,14,32,36H,2-4,7-9H2,1H3,(H,29,33)/t14?,25-/m0/s1. The highest BCUT2D eigenvalue weighted by molar-refractivity contribution is 5.96. The van der Waals surface area contributed by atoms with E-state index in [9.17, 15) is 33.4 Å². The van der Waals surface area contributed by atoms with Gasteiger partial charge in [0, 0.05) is 28.1 Å². The number of carbonyl (C=O) groups excluding carboxylic acids is 2. The van der Waals surface area contributed by atoms with Crippen LogP contribution < -0.4 is 20.3 Å². The first-order valence-electron chi connectivity index (χ1n) is 12.4. The van der Waals surface area contributed by atoms with E-state index in [2.05, 4.69) is 5.32 Å². The molecular weight excluding hydrogens is 520 g/mol. The van der Waals surface area contributed by atoms with Crippen molar-refractivity contribution in [2.24, 2.45) is 0 Å². The lowest BCUT2D eigenvalue weighted by Crippen LogP contribution is -2.44. The van der Waals surface area contributed by atoms with Gasteiger partial charge in [-0.05, 0) is 30.9 Å². The molecule has 13 heteroatoms. The Labute approximate surface area is 217 Å². The molecule has 0 radical (unpaired) electrons. The van der Waals surface area contributed by atoms with Gasteiger partial charge in [-0.3, -0.25) is 9.59 Å². The van der Waals surface area contributed by atoms with Gasteiger partial charge in [0.25, 0.3) is 5.56 Å². The highest BCUT2D eigenvalue weighted by Gasteiger charge is 2.48.